The van der Waals surface area contributed by atoms with Crippen molar-refractivity contribution in [2.75, 3.05) is 0 Å². The van der Waals surface area contributed by atoms with Crippen molar-refractivity contribution < 1.29 is 4.74 Å². The van der Waals surface area contributed by atoms with Crippen molar-refractivity contribution in [3.05, 3.63) is 102 Å². The van der Waals surface area contributed by atoms with Gasteiger partial charge in [0.1, 0.15) is 11.5 Å². The molecule has 0 fully saturated rings. The Balaban J connectivity index is 1.85. The summed E-state index contributed by atoms with van der Waals surface area (Å²) in [5, 5.41) is 0.748. The molecule has 3 aromatic carbocycles. The zero-order valence-corrected chi connectivity index (χ0v) is 16.0. The number of halogens is 1. The smallest absolute Gasteiger partial charge is 0.127 e. The zero-order chi connectivity index (χ0) is 18.6. The summed E-state index contributed by atoms with van der Waals surface area (Å²) in [7, 11) is 0. The van der Waals surface area contributed by atoms with Crippen LogP contribution in [0.15, 0.2) is 78.9 Å². The Morgan fingerprint density at radius 1 is 0.885 bits per heavy atom. The molecule has 0 heterocycles. The van der Waals surface area contributed by atoms with E-state index in [1.807, 2.05) is 54.6 Å². The SMILES string of the molecule is [CH2]C(Cc1cccc(Oc2ccccc2)c1)(c1ccc(Cl)cc1)C(C)C. The van der Waals surface area contributed by atoms with Gasteiger partial charge in [0.05, 0.1) is 0 Å². The van der Waals surface area contributed by atoms with Crippen LogP contribution in [-0.4, -0.2) is 0 Å². The van der Waals surface area contributed by atoms with Crippen LogP contribution in [0.4, 0.5) is 0 Å². The molecule has 1 nitrogen and oxygen atoms in total. The summed E-state index contributed by atoms with van der Waals surface area (Å²) in [6.07, 6.45) is 0.832. The van der Waals surface area contributed by atoms with E-state index < -0.39 is 0 Å². The van der Waals surface area contributed by atoms with E-state index in [1.165, 1.54) is 11.1 Å². The second-order valence-electron chi connectivity index (χ2n) is 7.06. The second-order valence-corrected chi connectivity index (χ2v) is 7.49. The number of hydrogen-bond acceptors (Lipinski definition) is 1. The molecule has 1 atom stereocenters. The minimum absolute atomic E-state index is 0.226. The van der Waals surface area contributed by atoms with Gasteiger partial charge in [0, 0.05) is 10.4 Å². The Labute approximate surface area is 161 Å². The molecule has 0 saturated heterocycles. The van der Waals surface area contributed by atoms with Gasteiger partial charge in [0.15, 0.2) is 0 Å². The van der Waals surface area contributed by atoms with Crippen molar-refractivity contribution in [3.8, 4) is 11.5 Å². The summed E-state index contributed by atoms with van der Waals surface area (Å²) in [5.41, 5.74) is 2.18. The lowest BCUT2D eigenvalue weighted by atomic mass is 9.69. The molecule has 3 rings (SSSR count). The third kappa shape index (κ3) is 4.28. The normalized spacial score (nSPS) is 13.4. The van der Waals surface area contributed by atoms with Gasteiger partial charge >= 0.3 is 0 Å². The number of ether oxygens (including phenoxy) is 1. The van der Waals surface area contributed by atoms with Crippen molar-refractivity contribution in [3.63, 3.8) is 0 Å². The predicted octanol–water partition coefficient (Wildman–Crippen LogP) is 7.10. The minimum Gasteiger partial charge on any atom is -0.457 e. The summed E-state index contributed by atoms with van der Waals surface area (Å²) in [6, 6.07) is 26.1. The van der Waals surface area contributed by atoms with Gasteiger partial charge in [-0.25, -0.2) is 0 Å². The van der Waals surface area contributed by atoms with Crippen molar-refractivity contribution in [1.82, 2.24) is 0 Å². The van der Waals surface area contributed by atoms with E-state index in [-0.39, 0.29) is 5.41 Å². The highest BCUT2D eigenvalue weighted by Crippen LogP contribution is 2.36. The minimum atomic E-state index is -0.226. The van der Waals surface area contributed by atoms with Gasteiger partial charge in [0.25, 0.3) is 0 Å². The van der Waals surface area contributed by atoms with E-state index in [1.54, 1.807) is 0 Å². The predicted molar refractivity (Wildman–Crippen MR) is 110 cm³/mol. The molecule has 0 spiro atoms. The summed E-state index contributed by atoms with van der Waals surface area (Å²) >= 11 is 6.06. The topological polar surface area (TPSA) is 9.23 Å². The molecule has 1 radical (unpaired) electrons. The van der Waals surface area contributed by atoms with Gasteiger partial charge in [-0.3, -0.25) is 0 Å². The lowest BCUT2D eigenvalue weighted by Crippen LogP contribution is -2.31. The van der Waals surface area contributed by atoms with Crippen LogP contribution < -0.4 is 4.74 Å². The molecule has 0 aliphatic heterocycles. The van der Waals surface area contributed by atoms with E-state index in [9.17, 15) is 0 Å². The van der Waals surface area contributed by atoms with Crippen molar-refractivity contribution in [1.29, 1.82) is 0 Å². The molecular weight excluding hydrogens is 340 g/mol. The third-order valence-electron chi connectivity index (χ3n) is 4.92. The van der Waals surface area contributed by atoms with Crippen LogP contribution in [0.25, 0.3) is 0 Å². The maximum absolute atomic E-state index is 6.06. The lowest BCUT2D eigenvalue weighted by Gasteiger charge is -2.35. The Bertz CT molecular complexity index is 840. The molecule has 133 valence electrons. The third-order valence-corrected chi connectivity index (χ3v) is 5.17. The van der Waals surface area contributed by atoms with E-state index in [4.69, 9.17) is 16.3 Å². The highest BCUT2D eigenvalue weighted by Gasteiger charge is 2.31. The average molecular weight is 364 g/mol. The van der Waals surface area contributed by atoms with Crippen LogP contribution in [0.3, 0.4) is 0 Å². The van der Waals surface area contributed by atoms with Gasteiger partial charge in [0.2, 0.25) is 0 Å². The Morgan fingerprint density at radius 2 is 1.54 bits per heavy atom. The zero-order valence-electron chi connectivity index (χ0n) is 15.3. The van der Waals surface area contributed by atoms with Crippen LogP contribution >= 0.6 is 11.6 Å². The van der Waals surface area contributed by atoms with Gasteiger partial charge < -0.3 is 4.74 Å². The number of hydrogen-bond donors (Lipinski definition) is 0. The standard InChI is InChI=1S/C24H24ClO/c1-18(2)24(3,20-12-14-21(25)15-13-20)17-19-8-7-11-23(16-19)26-22-9-5-4-6-10-22/h4-16,18H,3,17H2,1-2H3. The molecule has 2 heteroatoms. The number of benzene rings is 3. The first-order valence-electron chi connectivity index (χ1n) is 8.90. The molecule has 0 aliphatic carbocycles. The van der Waals surface area contributed by atoms with E-state index >= 15 is 0 Å². The number of rotatable bonds is 6. The molecule has 0 aromatic heterocycles. The van der Waals surface area contributed by atoms with Crippen molar-refractivity contribution in [2.24, 2.45) is 5.92 Å². The fraction of sp³-hybridized carbons (Fsp3) is 0.208. The largest absolute Gasteiger partial charge is 0.457 e. The maximum atomic E-state index is 6.06. The second kappa shape index (κ2) is 7.97. The summed E-state index contributed by atoms with van der Waals surface area (Å²) in [6.45, 7) is 9.02. The van der Waals surface area contributed by atoms with Gasteiger partial charge in [-0.05, 0) is 66.8 Å². The number of para-hydroxylation sites is 1. The highest BCUT2D eigenvalue weighted by molar-refractivity contribution is 6.30. The molecule has 0 saturated carbocycles. The molecule has 1 unspecified atom stereocenters. The molecule has 0 aliphatic rings. The summed E-state index contributed by atoms with van der Waals surface area (Å²) in [4.78, 5) is 0. The average Bonchev–Trinajstić information content (AvgIpc) is 2.63. The first kappa shape index (κ1) is 18.5. The van der Waals surface area contributed by atoms with Gasteiger partial charge in [-0.2, -0.15) is 0 Å². The lowest BCUT2D eigenvalue weighted by molar-refractivity contribution is 0.377. The first-order valence-corrected chi connectivity index (χ1v) is 9.28. The van der Waals surface area contributed by atoms with Crippen LogP contribution in [0.2, 0.25) is 5.02 Å². The van der Waals surface area contributed by atoms with Crippen molar-refractivity contribution in [2.45, 2.75) is 25.7 Å². The van der Waals surface area contributed by atoms with E-state index in [0.29, 0.717) is 5.92 Å². The summed E-state index contributed by atoms with van der Waals surface area (Å²) in [5.74, 6) is 2.06. The molecular formula is C24H24ClO. The quantitative estimate of drug-likeness (QED) is 0.453. The van der Waals surface area contributed by atoms with Crippen LogP contribution in [0.1, 0.15) is 25.0 Å². The molecule has 26 heavy (non-hydrogen) atoms. The Hall–Kier alpha value is -2.25. The van der Waals surface area contributed by atoms with E-state index in [2.05, 4.69) is 45.0 Å². The highest BCUT2D eigenvalue weighted by atomic mass is 35.5. The fourth-order valence-electron chi connectivity index (χ4n) is 3.13. The van der Waals surface area contributed by atoms with Gasteiger partial charge in [-0.1, -0.05) is 67.9 Å². The Morgan fingerprint density at radius 3 is 2.19 bits per heavy atom. The fourth-order valence-corrected chi connectivity index (χ4v) is 3.26. The van der Waals surface area contributed by atoms with Crippen LogP contribution in [0.5, 0.6) is 11.5 Å². The molecule has 0 amide bonds. The van der Waals surface area contributed by atoms with Crippen molar-refractivity contribution >= 4 is 11.6 Å². The van der Waals surface area contributed by atoms with Gasteiger partial charge in [-0.15, -0.1) is 0 Å². The monoisotopic (exact) mass is 363 g/mol. The molecule has 0 N–H and O–H groups in total. The first-order chi connectivity index (χ1) is 12.5. The Kier molecular flexibility index (Phi) is 5.68. The molecule has 0 bridgehead atoms. The van der Waals surface area contributed by atoms with Crippen LogP contribution in [0, 0.1) is 12.8 Å². The molecule has 3 aromatic rings. The maximum Gasteiger partial charge on any atom is 0.127 e. The van der Waals surface area contributed by atoms with E-state index in [0.717, 1.165) is 22.9 Å². The van der Waals surface area contributed by atoms with Crippen LogP contribution in [-0.2, 0) is 11.8 Å². The summed E-state index contributed by atoms with van der Waals surface area (Å²) < 4.78 is 5.98.